The van der Waals surface area contributed by atoms with Gasteiger partial charge in [0.15, 0.2) is 0 Å². The Bertz CT molecular complexity index is 487. The Morgan fingerprint density at radius 1 is 0.643 bits per heavy atom. The number of esters is 2. The summed E-state index contributed by atoms with van der Waals surface area (Å²) in [6.45, 7) is 8.95. The van der Waals surface area contributed by atoms with Gasteiger partial charge >= 0.3 is 11.9 Å². The average Bonchev–Trinajstić information content (AvgIpc) is 2.69. The second-order valence-electron chi connectivity index (χ2n) is 9.48. The Morgan fingerprint density at radius 2 is 0.964 bits per heavy atom. The van der Waals surface area contributed by atoms with Crippen molar-refractivity contribution in [1.29, 1.82) is 0 Å². The van der Waals surface area contributed by atoms with E-state index < -0.39 is 0 Å². The van der Waals surface area contributed by atoms with Crippen LogP contribution in [0, 0.1) is 23.7 Å². The molecule has 2 rings (SSSR count). The fraction of sp³-hybridized carbons (Fsp3) is 0.833. The second kappa shape index (κ2) is 11.6. The second-order valence-corrected chi connectivity index (χ2v) is 9.48. The Hall–Kier alpha value is -1.32. The van der Waals surface area contributed by atoms with E-state index in [-0.39, 0.29) is 35.6 Å². The van der Waals surface area contributed by atoms with Crippen molar-refractivity contribution in [3.05, 3.63) is 11.1 Å². The number of ether oxygens (including phenoxy) is 2. The molecular formula is C24H40O4. The van der Waals surface area contributed by atoms with Crippen LogP contribution in [0.1, 0.15) is 91.9 Å². The molecule has 2 fully saturated rings. The smallest absolute Gasteiger partial charge is 0.334 e. The molecule has 0 aliphatic heterocycles. The number of hydrogen-bond acceptors (Lipinski definition) is 4. The van der Waals surface area contributed by atoms with E-state index in [2.05, 4.69) is 0 Å². The van der Waals surface area contributed by atoms with Gasteiger partial charge < -0.3 is 9.47 Å². The summed E-state index contributed by atoms with van der Waals surface area (Å²) in [5, 5.41) is 0. The molecule has 2 aliphatic carbocycles. The molecule has 4 nitrogen and oxygen atoms in total. The number of rotatable bonds is 8. The monoisotopic (exact) mass is 392 g/mol. The molecule has 0 N–H and O–H groups in total. The molecule has 0 spiro atoms. The van der Waals surface area contributed by atoms with E-state index in [4.69, 9.17) is 9.47 Å². The van der Waals surface area contributed by atoms with Gasteiger partial charge in [-0.2, -0.15) is 0 Å². The highest BCUT2D eigenvalue weighted by molar-refractivity contribution is 6.01. The van der Waals surface area contributed by atoms with Crippen molar-refractivity contribution in [3.63, 3.8) is 0 Å². The van der Waals surface area contributed by atoms with Gasteiger partial charge in [0, 0.05) is 0 Å². The van der Waals surface area contributed by atoms with E-state index in [9.17, 15) is 9.59 Å². The fourth-order valence-electron chi connectivity index (χ4n) is 4.42. The van der Waals surface area contributed by atoms with E-state index >= 15 is 0 Å². The van der Waals surface area contributed by atoms with Crippen LogP contribution in [0.4, 0.5) is 0 Å². The zero-order chi connectivity index (χ0) is 20.5. The van der Waals surface area contributed by atoms with Gasteiger partial charge in [0.25, 0.3) is 0 Å². The van der Waals surface area contributed by atoms with Gasteiger partial charge in [-0.1, -0.05) is 66.2 Å². The molecule has 2 aliphatic rings. The predicted octanol–water partition coefficient (Wildman–Crippen LogP) is 5.84. The Balaban J connectivity index is 2.39. The van der Waals surface area contributed by atoms with Crippen molar-refractivity contribution in [1.82, 2.24) is 0 Å². The van der Waals surface area contributed by atoms with Crippen LogP contribution in [0.25, 0.3) is 0 Å². The van der Waals surface area contributed by atoms with E-state index in [0.717, 1.165) is 51.4 Å². The van der Waals surface area contributed by atoms with E-state index in [1.165, 1.54) is 12.8 Å². The predicted molar refractivity (Wildman–Crippen MR) is 112 cm³/mol. The van der Waals surface area contributed by atoms with Gasteiger partial charge in [0.2, 0.25) is 0 Å². The van der Waals surface area contributed by atoms with Crippen LogP contribution in [0.2, 0.25) is 0 Å². The maximum absolute atomic E-state index is 13.2. The molecule has 0 saturated heterocycles. The maximum atomic E-state index is 13.2. The van der Waals surface area contributed by atoms with Crippen LogP contribution in [0.3, 0.4) is 0 Å². The molecule has 4 heteroatoms. The zero-order valence-electron chi connectivity index (χ0n) is 18.4. The summed E-state index contributed by atoms with van der Waals surface area (Å²) in [5.74, 6) is 0.282. The third-order valence-electron chi connectivity index (χ3n) is 5.85. The largest absolute Gasteiger partial charge is 0.462 e. The van der Waals surface area contributed by atoms with Gasteiger partial charge in [-0.15, -0.1) is 0 Å². The number of carbonyl (C=O) groups is 2. The lowest BCUT2D eigenvalue weighted by molar-refractivity contribution is -0.144. The van der Waals surface area contributed by atoms with Crippen molar-refractivity contribution in [2.75, 3.05) is 13.2 Å². The van der Waals surface area contributed by atoms with Crippen molar-refractivity contribution < 1.29 is 19.1 Å². The van der Waals surface area contributed by atoms with Gasteiger partial charge in [-0.25, -0.2) is 9.59 Å². The third-order valence-corrected chi connectivity index (χ3v) is 5.85. The molecule has 0 amide bonds. The molecule has 2 saturated carbocycles. The summed E-state index contributed by atoms with van der Waals surface area (Å²) >= 11 is 0. The van der Waals surface area contributed by atoms with Crippen LogP contribution in [0.5, 0.6) is 0 Å². The first-order valence-corrected chi connectivity index (χ1v) is 11.5. The lowest BCUT2D eigenvalue weighted by Gasteiger charge is -2.30. The van der Waals surface area contributed by atoms with Crippen molar-refractivity contribution in [3.8, 4) is 0 Å². The van der Waals surface area contributed by atoms with Crippen molar-refractivity contribution in [2.24, 2.45) is 23.7 Å². The van der Waals surface area contributed by atoms with Gasteiger partial charge in [-0.3, -0.25) is 0 Å². The minimum atomic E-state index is -0.275. The van der Waals surface area contributed by atoms with E-state index in [1.54, 1.807) is 0 Å². The first-order valence-electron chi connectivity index (χ1n) is 11.5. The van der Waals surface area contributed by atoms with Gasteiger partial charge in [-0.05, 0) is 49.4 Å². The SMILES string of the molecule is CC(C)COC(=O)/C(=C(\C(=O)OCC(C)C)C1CCCCC1)C1CCCCC1. The molecular weight excluding hydrogens is 352 g/mol. The third kappa shape index (κ3) is 6.93. The molecule has 0 bridgehead atoms. The van der Waals surface area contributed by atoms with Crippen LogP contribution >= 0.6 is 0 Å². The van der Waals surface area contributed by atoms with Crippen LogP contribution in [-0.4, -0.2) is 25.2 Å². The molecule has 28 heavy (non-hydrogen) atoms. The Labute approximate surface area is 171 Å². The minimum Gasteiger partial charge on any atom is -0.462 e. The Kier molecular flexibility index (Phi) is 9.53. The van der Waals surface area contributed by atoms with Crippen LogP contribution in [0.15, 0.2) is 11.1 Å². The molecule has 0 atom stereocenters. The number of hydrogen-bond donors (Lipinski definition) is 0. The van der Waals surface area contributed by atoms with Crippen molar-refractivity contribution in [2.45, 2.75) is 91.9 Å². The first-order chi connectivity index (χ1) is 13.4. The highest BCUT2D eigenvalue weighted by Gasteiger charge is 2.35. The molecule has 0 aromatic heterocycles. The fourth-order valence-corrected chi connectivity index (χ4v) is 4.42. The lowest BCUT2D eigenvalue weighted by Crippen LogP contribution is -2.29. The summed E-state index contributed by atoms with van der Waals surface area (Å²) in [5.41, 5.74) is 1.31. The standard InChI is InChI=1S/C24H40O4/c1-17(2)15-27-23(25)21(19-11-7-5-8-12-19)22(20-13-9-6-10-14-20)24(26)28-16-18(3)4/h17-20H,5-16H2,1-4H3/b22-21-. The molecule has 0 aromatic rings. The van der Waals surface area contributed by atoms with E-state index in [1.807, 2.05) is 27.7 Å². The molecule has 0 heterocycles. The van der Waals surface area contributed by atoms with Crippen LogP contribution in [-0.2, 0) is 19.1 Å². The summed E-state index contributed by atoms with van der Waals surface area (Å²) in [6, 6.07) is 0. The normalized spacial score (nSPS) is 20.2. The average molecular weight is 393 g/mol. The zero-order valence-corrected chi connectivity index (χ0v) is 18.4. The lowest BCUT2D eigenvalue weighted by atomic mass is 9.75. The summed E-state index contributed by atoms with van der Waals surface area (Å²) in [7, 11) is 0. The highest BCUT2D eigenvalue weighted by Crippen LogP contribution is 2.39. The molecule has 160 valence electrons. The number of carbonyl (C=O) groups excluding carboxylic acids is 2. The summed E-state index contributed by atoms with van der Waals surface area (Å²) in [4.78, 5) is 26.4. The van der Waals surface area contributed by atoms with Crippen LogP contribution < -0.4 is 0 Å². The van der Waals surface area contributed by atoms with Gasteiger partial charge in [0.05, 0.1) is 24.4 Å². The highest BCUT2D eigenvalue weighted by atomic mass is 16.5. The molecule has 0 unspecified atom stereocenters. The Morgan fingerprint density at radius 3 is 1.25 bits per heavy atom. The maximum Gasteiger partial charge on any atom is 0.334 e. The van der Waals surface area contributed by atoms with Crippen molar-refractivity contribution >= 4 is 11.9 Å². The first kappa shape index (κ1) is 23.0. The van der Waals surface area contributed by atoms with E-state index in [0.29, 0.717) is 24.4 Å². The quantitative estimate of drug-likeness (QED) is 0.384. The summed E-state index contributed by atoms with van der Waals surface area (Å²) in [6.07, 6.45) is 10.8. The minimum absolute atomic E-state index is 0.136. The topological polar surface area (TPSA) is 52.6 Å². The summed E-state index contributed by atoms with van der Waals surface area (Å²) < 4.78 is 11.3. The molecule has 0 radical (unpaired) electrons. The van der Waals surface area contributed by atoms with Gasteiger partial charge in [0.1, 0.15) is 0 Å². The molecule has 0 aromatic carbocycles.